The van der Waals surface area contributed by atoms with Gasteiger partial charge in [0.2, 0.25) is 0 Å². The predicted molar refractivity (Wildman–Crippen MR) is 91.8 cm³/mol. The minimum atomic E-state index is 0.441. The molecular formula is C17H25N3S. The van der Waals surface area contributed by atoms with Crippen LogP contribution in [0.3, 0.4) is 0 Å². The molecule has 1 aromatic rings. The molecule has 0 saturated heterocycles. The molecule has 1 saturated carbocycles. The van der Waals surface area contributed by atoms with E-state index in [1.807, 2.05) is 11.3 Å². The summed E-state index contributed by atoms with van der Waals surface area (Å²) in [6, 6.07) is 0.441. The van der Waals surface area contributed by atoms with Gasteiger partial charge in [0.15, 0.2) is 5.84 Å². The van der Waals surface area contributed by atoms with Gasteiger partial charge in [0.25, 0.3) is 0 Å². The molecule has 0 unspecified atom stereocenters. The normalized spacial score (nSPS) is 20.9. The molecule has 2 aliphatic rings. The largest absolute Gasteiger partial charge is 0.390 e. The number of hydrogen-bond acceptors (Lipinski definition) is 2. The standard InChI is InChI=1S/C17H25N3S/c1-12-16(14-9-5-6-10-15(14)21-12)17(19-11-18)20-13-7-3-2-4-8-13/h11,13H,2-10H2,1H3,(H2,18,19,20). The fourth-order valence-electron chi connectivity index (χ4n) is 3.61. The topological polar surface area (TPSA) is 50.7 Å². The van der Waals surface area contributed by atoms with Crippen molar-refractivity contribution < 1.29 is 0 Å². The van der Waals surface area contributed by atoms with Crippen LogP contribution < -0.4 is 5.73 Å². The minimum absolute atomic E-state index is 0.441. The van der Waals surface area contributed by atoms with Gasteiger partial charge < -0.3 is 5.73 Å². The third-order valence-electron chi connectivity index (χ3n) is 4.65. The van der Waals surface area contributed by atoms with Crippen LogP contribution in [0, 0.1) is 6.92 Å². The van der Waals surface area contributed by atoms with Gasteiger partial charge in [-0.1, -0.05) is 19.3 Å². The maximum atomic E-state index is 5.60. The number of rotatable bonds is 2. The molecule has 21 heavy (non-hydrogen) atoms. The zero-order chi connectivity index (χ0) is 14.7. The van der Waals surface area contributed by atoms with Crippen LogP contribution in [-0.4, -0.2) is 18.2 Å². The Morgan fingerprint density at radius 1 is 1.14 bits per heavy atom. The second kappa shape index (κ2) is 6.73. The zero-order valence-electron chi connectivity index (χ0n) is 12.9. The summed E-state index contributed by atoms with van der Waals surface area (Å²) in [5.41, 5.74) is 8.39. The van der Waals surface area contributed by atoms with Crippen molar-refractivity contribution in [2.45, 2.75) is 70.8 Å². The monoisotopic (exact) mass is 303 g/mol. The van der Waals surface area contributed by atoms with Crippen molar-refractivity contribution in [3.63, 3.8) is 0 Å². The minimum Gasteiger partial charge on any atom is -0.390 e. The summed E-state index contributed by atoms with van der Waals surface area (Å²) in [6.07, 6.45) is 12.8. The average Bonchev–Trinajstić information content (AvgIpc) is 2.83. The zero-order valence-corrected chi connectivity index (χ0v) is 13.7. The lowest BCUT2D eigenvalue weighted by molar-refractivity contribution is 0.443. The Kier molecular flexibility index (Phi) is 4.73. The molecule has 3 rings (SSSR count). The first-order chi connectivity index (χ1) is 10.3. The summed E-state index contributed by atoms with van der Waals surface area (Å²) in [4.78, 5) is 12.3. The number of amidine groups is 1. The van der Waals surface area contributed by atoms with Gasteiger partial charge >= 0.3 is 0 Å². The third-order valence-corrected chi connectivity index (χ3v) is 5.85. The Labute approximate surface area is 131 Å². The Bertz CT molecular complexity index is 551. The van der Waals surface area contributed by atoms with E-state index in [-0.39, 0.29) is 0 Å². The highest BCUT2D eigenvalue weighted by Crippen LogP contribution is 2.35. The first-order valence-corrected chi connectivity index (χ1v) is 9.05. The molecule has 1 heterocycles. The lowest BCUT2D eigenvalue weighted by Crippen LogP contribution is -2.15. The Morgan fingerprint density at radius 3 is 2.67 bits per heavy atom. The molecule has 0 spiro atoms. The lowest BCUT2D eigenvalue weighted by atomic mass is 9.93. The Morgan fingerprint density at radius 2 is 1.90 bits per heavy atom. The number of thiophene rings is 1. The van der Waals surface area contributed by atoms with E-state index in [4.69, 9.17) is 10.7 Å². The Balaban J connectivity index is 1.97. The van der Waals surface area contributed by atoms with Crippen LogP contribution >= 0.6 is 11.3 Å². The van der Waals surface area contributed by atoms with Gasteiger partial charge in [0, 0.05) is 15.3 Å². The molecule has 2 aliphatic carbocycles. The molecule has 2 N–H and O–H groups in total. The lowest BCUT2D eigenvalue weighted by Gasteiger charge is -2.19. The molecule has 0 aliphatic heterocycles. The van der Waals surface area contributed by atoms with E-state index < -0.39 is 0 Å². The summed E-state index contributed by atoms with van der Waals surface area (Å²) in [5.74, 6) is 0.890. The maximum absolute atomic E-state index is 5.60. The summed E-state index contributed by atoms with van der Waals surface area (Å²) < 4.78 is 0. The van der Waals surface area contributed by atoms with Gasteiger partial charge in [-0.2, -0.15) is 0 Å². The first-order valence-electron chi connectivity index (χ1n) is 8.23. The van der Waals surface area contributed by atoms with E-state index in [0.29, 0.717) is 6.04 Å². The Hall–Kier alpha value is -1.16. The van der Waals surface area contributed by atoms with Crippen molar-refractivity contribution in [1.29, 1.82) is 0 Å². The molecule has 4 heteroatoms. The van der Waals surface area contributed by atoms with E-state index in [0.717, 1.165) is 5.84 Å². The van der Waals surface area contributed by atoms with Crippen molar-refractivity contribution in [1.82, 2.24) is 0 Å². The highest BCUT2D eigenvalue weighted by molar-refractivity contribution is 7.12. The van der Waals surface area contributed by atoms with E-state index in [1.54, 1.807) is 4.88 Å². The number of fused-ring (bicyclic) bond motifs is 1. The fraction of sp³-hybridized carbons (Fsp3) is 0.647. The predicted octanol–water partition coefficient (Wildman–Crippen LogP) is 4.00. The van der Waals surface area contributed by atoms with Crippen LogP contribution in [0.4, 0.5) is 0 Å². The first kappa shape index (κ1) is 14.8. The highest BCUT2D eigenvalue weighted by Gasteiger charge is 2.23. The van der Waals surface area contributed by atoms with Crippen molar-refractivity contribution in [3.8, 4) is 0 Å². The van der Waals surface area contributed by atoms with E-state index in [1.165, 1.54) is 80.1 Å². The van der Waals surface area contributed by atoms with Crippen molar-refractivity contribution >= 4 is 23.5 Å². The summed E-state index contributed by atoms with van der Waals surface area (Å²) >= 11 is 1.94. The van der Waals surface area contributed by atoms with Crippen LogP contribution in [-0.2, 0) is 12.8 Å². The SMILES string of the molecule is Cc1sc2c(c1C(N=CN)=NC1CCCCC1)CCCC2. The number of aryl methyl sites for hydroxylation is 2. The van der Waals surface area contributed by atoms with E-state index in [9.17, 15) is 0 Å². The van der Waals surface area contributed by atoms with Crippen LogP contribution in [0.25, 0.3) is 0 Å². The third kappa shape index (κ3) is 3.20. The van der Waals surface area contributed by atoms with Crippen LogP contribution in [0.5, 0.6) is 0 Å². The van der Waals surface area contributed by atoms with Gasteiger partial charge in [0.1, 0.15) is 0 Å². The van der Waals surface area contributed by atoms with E-state index in [2.05, 4.69) is 11.9 Å². The molecule has 0 bridgehead atoms. The molecule has 114 valence electrons. The quantitative estimate of drug-likeness (QED) is 0.651. The molecular weight excluding hydrogens is 278 g/mol. The van der Waals surface area contributed by atoms with Gasteiger partial charge in [-0.05, 0) is 51.0 Å². The average molecular weight is 303 g/mol. The maximum Gasteiger partial charge on any atom is 0.157 e. The number of nitrogens with two attached hydrogens (primary N) is 1. The second-order valence-electron chi connectivity index (χ2n) is 6.16. The molecule has 1 aromatic heterocycles. The van der Waals surface area contributed by atoms with Gasteiger partial charge in [-0.3, -0.25) is 4.99 Å². The molecule has 3 nitrogen and oxygen atoms in total. The second-order valence-corrected chi connectivity index (χ2v) is 7.47. The van der Waals surface area contributed by atoms with Gasteiger partial charge in [-0.25, -0.2) is 4.99 Å². The van der Waals surface area contributed by atoms with E-state index >= 15 is 0 Å². The number of aliphatic imine (C=N–C) groups is 2. The molecule has 0 amide bonds. The van der Waals surface area contributed by atoms with Crippen molar-refractivity contribution in [3.05, 3.63) is 20.9 Å². The number of nitrogens with zero attached hydrogens (tertiary/aromatic N) is 2. The molecule has 1 fully saturated rings. The van der Waals surface area contributed by atoms with Gasteiger partial charge in [-0.15, -0.1) is 11.3 Å². The highest BCUT2D eigenvalue weighted by atomic mass is 32.1. The van der Waals surface area contributed by atoms with Crippen LogP contribution in [0.1, 0.15) is 65.8 Å². The molecule has 0 aromatic carbocycles. The molecule has 0 radical (unpaired) electrons. The van der Waals surface area contributed by atoms with Crippen molar-refractivity contribution in [2.24, 2.45) is 15.7 Å². The summed E-state index contributed by atoms with van der Waals surface area (Å²) in [6.45, 7) is 2.21. The smallest absolute Gasteiger partial charge is 0.157 e. The van der Waals surface area contributed by atoms with Crippen LogP contribution in [0.15, 0.2) is 9.98 Å². The molecule has 0 atom stereocenters. The van der Waals surface area contributed by atoms with Gasteiger partial charge in [0.05, 0.1) is 12.4 Å². The summed E-state index contributed by atoms with van der Waals surface area (Å²) in [5, 5.41) is 0. The van der Waals surface area contributed by atoms with Crippen LogP contribution in [0.2, 0.25) is 0 Å². The summed E-state index contributed by atoms with van der Waals surface area (Å²) in [7, 11) is 0. The fourth-order valence-corrected chi connectivity index (χ4v) is 4.87. The number of hydrogen-bond donors (Lipinski definition) is 1. The van der Waals surface area contributed by atoms with Crippen molar-refractivity contribution in [2.75, 3.05) is 0 Å².